The van der Waals surface area contributed by atoms with Crippen LogP contribution in [0.5, 0.6) is 0 Å². The van der Waals surface area contributed by atoms with Gasteiger partial charge in [-0.05, 0) is 24.6 Å². The highest BCUT2D eigenvalue weighted by molar-refractivity contribution is 8.00. The van der Waals surface area contributed by atoms with Crippen molar-refractivity contribution in [3.63, 3.8) is 0 Å². The van der Waals surface area contributed by atoms with Crippen molar-refractivity contribution in [1.29, 1.82) is 0 Å². The highest BCUT2D eigenvalue weighted by atomic mass is 32.2. The molecule has 0 spiro atoms. The number of thioether (sulfide) groups is 1. The predicted octanol–water partition coefficient (Wildman–Crippen LogP) is 4.35. The van der Waals surface area contributed by atoms with Crippen LogP contribution in [0.15, 0.2) is 70.4 Å². The molecule has 0 unspecified atom stereocenters. The second kappa shape index (κ2) is 7.17. The molecule has 5 nitrogen and oxygen atoms in total. The van der Waals surface area contributed by atoms with Crippen LogP contribution >= 0.6 is 11.8 Å². The number of nitrogens with one attached hydrogen (secondary N) is 1. The number of nitrogens with zero attached hydrogens (tertiary/aromatic N) is 2. The van der Waals surface area contributed by atoms with E-state index in [9.17, 15) is 4.79 Å². The third-order valence-electron chi connectivity index (χ3n) is 4.14. The summed E-state index contributed by atoms with van der Waals surface area (Å²) in [5, 5.41) is 4.63. The first-order valence-electron chi connectivity index (χ1n) is 8.32. The first-order valence-corrected chi connectivity index (χ1v) is 9.30. The average molecular weight is 363 g/mol. The summed E-state index contributed by atoms with van der Waals surface area (Å²) in [6.07, 6.45) is 1.51. The van der Waals surface area contributed by atoms with Crippen LogP contribution in [0.1, 0.15) is 18.5 Å². The number of carbonyl (C=O) groups excluding carboxylic acids is 1. The molecule has 4 rings (SSSR count). The van der Waals surface area contributed by atoms with E-state index in [-0.39, 0.29) is 17.7 Å². The summed E-state index contributed by atoms with van der Waals surface area (Å²) >= 11 is 1.35. The molecule has 0 radical (unpaired) electrons. The summed E-state index contributed by atoms with van der Waals surface area (Å²) in [4.78, 5) is 20.9. The number of para-hydroxylation sites is 1. The fraction of sp³-hybridized carbons (Fsp3) is 0.150. The first-order chi connectivity index (χ1) is 12.7. The summed E-state index contributed by atoms with van der Waals surface area (Å²) in [6, 6.07) is 17.6. The van der Waals surface area contributed by atoms with Gasteiger partial charge in [-0.3, -0.25) is 4.79 Å². The number of hydrogen-bond acceptors (Lipinski definition) is 5. The number of benzene rings is 2. The van der Waals surface area contributed by atoms with E-state index in [1.165, 1.54) is 18.1 Å². The number of furan rings is 1. The summed E-state index contributed by atoms with van der Waals surface area (Å²) in [6.45, 7) is 1.97. The van der Waals surface area contributed by atoms with Gasteiger partial charge in [-0.25, -0.2) is 9.97 Å². The Balaban J connectivity index is 1.48. The van der Waals surface area contributed by atoms with Crippen LogP contribution in [0, 0.1) is 0 Å². The second-order valence-electron chi connectivity index (χ2n) is 5.94. The molecule has 0 bridgehead atoms. The van der Waals surface area contributed by atoms with Crippen LogP contribution in [0.3, 0.4) is 0 Å². The molecular weight excluding hydrogens is 346 g/mol. The molecule has 0 saturated carbocycles. The van der Waals surface area contributed by atoms with E-state index < -0.39 is 0 Å². The Morgan fingerprint density at radius 1 is 1.12 bits per heavy atom. The van der Waals surface area contributed by atoms with E-state index in [1.807, 2.05) is 61.5 Å². The zero-order valence-corrected chi connectivity index (χ0v) is 15.0. The predicted molar refractivity (Wildman–Crippen MR) is 103 cm³/mol. The molecule has 26 heavy (non-hydrogen) atoms. The molecule has 2 aromatic carbocycles. The zero-order chi connectivity index (χ0) is 17.9. The lowest BCUT2D eigenvalue weighted by molar-refractivity contribution is -0.119. The number of rotatable bonds is 5. The molecule has 1 atom stereocenters. The number of carbonyl (C=O) groups is 1. The van der Waals surface area contributed by atoms with Gasteiger partial charge in [-0.1, -0.05) is 54.2 Å². The van der Waals surface area contributed by atoms with Crippen molar-refractivity contribution in [3.05, 3.63) is 66.5 Å². The van der Waals surface area contributed by atoms with Gasteiger partial charge in [0.15, 0.2) is 5.58 Å². The molecule has 2 aromatic heterocycles. The average Bonchev–Trinajstić information content (AvgIpc) is 3.06. The second-order valence-corrected chi connectivity index (χ2v) is 6.91. The molecule has 2 heterocycles. The number of fused-ring (bicyclic) bond motifs is 3. The standard InChI is InChI=1S/C20H17N3O2S/c1-13(14-7-3-2-4-8-14)23-17(24)11-26-20-19-18(21-12-22-20)15-9-5-6-10-16(15)25-19/h2-10,12-13H,11H2,1H3,(H,23,24)/t13-/m1/s1. The lowest BCUT2D eigenvalue weighted by atomic mass is 10.1. The van der Waals surface area contributed by atoms with E-state index >= 15 is 0 Å². The van der Waals surface area contributed by atoms with Gasteiger partial charge in [0.05, 0.1) is 11.8 Å². The maximum Gasteiger partial charge on any atom is 0.230 e. The van der Waals surface area contributed by atoms with E-state index in [0.29, 0.717) is 10.6 Å². The normalized spacial score (nSPS) is 12.3. The Morgan fingerprint density at radius 2 is 1.88 bits per heavy atom. The molecule has 0 aliphatic heterocycles. The minimum atomic E-state index is -0.0470. The van der Waals surface area contributed by atoms with Crippen molar-refractivity contribution in [2.24, 2.45) is 0 Å². The van der Waals surface area contributed by atoms with E-state index in [0.717, 1.165) is 22.0 Å². The van der Waals surface area contributed by atoms with Crippen LogP contribution in [0.25, 0.3) is 22.1 Å². The molecule has 1 amide bonds. The van der Waals surface area contributed by atoms with Crippen molar-refractivity contribution in [1.82, 2.24) is 15.3 Å². The van der Waals surface area contributed by atoms with Gasteiger partial charge in [0.2, 0.25) is 5.91 Å². The Morgan fingerprint density at radius 3 is 2.73 bits per heavy atom. The highest BCUT2D eigenvalue weighted by Crippen LogP contribution is 2.32. The largest absolute Gasteiger partial charge is 0.451 e. The SMILES string of the molecule is C[C@@H](NC(=O)CSc1ncnc2c1oc1ccccc12)c1ccccc1. The van der Waals surface area contributed by atoms with E-state index in [4.69, 9.17) is 4.42 Å². The lowest BCUT2D eigenvalue weighted by Crippen LogP contribution is -2.28. The van der Waals surface area contributed by atoms with Gasteiger partial charge in [-0.2, -0.15) is 0 Å². The Kier molecular flexibility index (Phi) is 4.58. The molecule has 1 N–H and O–H groups in total. The van der Waals surface area contributed by atoms with Gasteiger partial charge < -0.3 is 9.73 Å². The number of hydrogen-bond donors (Lipinski definition) is 1. The van der Waals surface area contributed by atoms with Crippen LogP contribution in [-0.4, -0.2) is 21.6 Å². The molecule has 130 valence electrons. The third kappa shape index (κ3) is 3.28. The van der Waals surface area contributed by atoms with Gasteiger partial charge >= 0.3 is 0 Å². The van der Waals surface area contributed by atoms with Gasteiger partial charge in [-0.15, -0.1) is 0 Å². The van der Waals surface area contributed by atoms with E-state index in [2.05, 4.69) is 15.3 Å². The van der Waals surface area contributed by atoms with Gasteiger partial charge in [0, 0.05) is 5.39 Å². The summed E-state index contributed by atoms with van der Waals surface area (Å²) < 4.78 is 5.89. The number of aromatic nitrogens is 2. The summed E-state index contributed by atoms with van der Waals surface area (Å²) in [7, 11) is 0. The smallest absolute Gasteiger partial charge is 0.230 e. The fourth-order valence-corrected chi connectivity index (χ4v) is 3.59. The Hall–Kier alpha value is -2.86. The highest BCUT2D eigenvalue weighted by Gasteiger charge is 2.15. The van der Waals surface area contributed by atoms with Crippen molar-refractivity contribution >= 4 is 39.7 Å². The first kappa shape index (κ1) is 16.6. The monoisotopic (exact) mass is 363 g/mol. The molecule has 0 aliphatic rings. The lowest BCUT2D eigenvalue weighted by Gasteiger charge is -2.13. The molecule has 0 fully saturated rings. The quantitative estimate of drug-likeness (QED) is 0.422. The van der Waals surface area contributed by atoms with Crippen molar-refractivity contribution in [2.75, 3.05) is 5.75 Å². The topological polar surface area (TPSA) is 68.0 Å². The van der Waals surface area contributed by atoms with Gasteiger partial charge in [0.1, 0.15) is 22.5 Å². The van der Waals surface area contributed by atoms with Crippen LogP contribution in [0.4, 0.5) is 0 Å². The maximum absolute atomic E-state index is 12.3. The Bertz CT molecular complexity index is 1060. The summed E-state index contributed by atoms with van der Waals surface area (Å²) in [5.41, 5.74) is 3.25. The molecular formula is C20H17N3O2S. The van der Waals surface area contributed by atoms with Crippen molar-refractivity contribution < 1.29 is 9.21 Å². The third-order valence-corrected chi connectivity index (χ3v) is 5.11. The minimum absolute atomic E-state index is 0.0408. The van der Waals surface area contributed by atoms with Crippen LogP contribution < -0.4 is 5.32 Å². The molecule has 4 aromatic rings. The zero-order valence-electron chi connectivity index (χ0n) is 14.2. The molecule has 6 heteroatoms. The summed E-state index contributed by atoms with van der Waals surface area (Å²) in [5.74, 6) is 0.217. The van der Waals surface area contributed by atoms with Gasteiger partial charge in [0.25, 0.3) is 0 Å². The van der Waals surface area contributed by atoms with Crippen LogP contribution in [0.2, 0.25) is 0 Å². The van der Waals surface area contributed by atoms with Crippen molar-refractivity contribution in [2.45, 2.75) is 18.0 Å². The Labute approximate surface area is 154 Å². The number of amides is 1. The minimum Gasteiger partial charge on any atom is -0.451 e. The van der Waals surface area contributed by atoms with E-state index in [1.54, 1.807) is 0 Å². The molecule has 0 saturated heterocycles. The van der Waals surface area contributed by atoms with Crippen molar-refractivity contribution in [3.8, 4) is 0 Å². The maximum atomic E-state index is 12.3. The molecule has 0 aliphatic carbocycles. The fourth-order valence-electron chi connectivity index (χ4n) is 2.85. The van der Waals surface area contributed by atoms with Crippen LogP contribution in [-0.2, 0) is 4.79 Å².